The van der Waals surface area contributed by atoms with E-state index in [0.29, 0.717) is 0 Å². The molecule has 1 heterocycles. The second-order valence-corrected chi connectivity index (χ2v) is 6.21. The Balaban J connectivity index is 1.50. The smallest absolute Gasteiger partial charge is 0.293 e. The van der Waals surface area contributed by atoms with Crippen molar-refractivity contribution in [1.82, 2.24) is 5.32 Å². The number of amides is 1. The summed E-state index contributed by atoms with van der Waals surface area (Å²) in [6.07, 6.45) is 0.667. The zero-order valence-corrected chi connectivity index (χ0v) is 15.0. The fraction of sp³-hybridized carbons (Fsp3) is 0.0870. The number of rotatable bonds is 3. The Morgan fingerprint density at radius 2 is 1.79 bits per heavy atom. The minimum atomic E-state index is -0.675. The number of fused-ring (bicyclic) bond motifs is 1. The molecule has 1 aliphatic heterocycles. The van der Waals surface area contributed by atoms with Gasteiger partial charge in [-0.15, -0.1) is 0 Å². The molecule has 136 valence electrons. The number of aliphatic imine (C=N–C) groups is 1. The molecule has 1 amide bonds. The molecule has 2 N–H and O–H groups in total. The maximum atomic E-state index is 12.1. The minimum Gasteiger partial charge on any atom is -0.447 e. The van der Waals surface area contributed by atoms with E-state index in [0.717, 1.165) is 27.5 Å². The number of nitrogens with one attached hydrogen (secondary N) is 2. The zero-order chi connectivity index (χ0) is 19.3. The quantitative estimate of drug-likeness (QED) is 0.550. The van der Waals surface area contributed by atoms with Gasteiger partial charge >= 0.3 is 0 Å². The van der Waals surface area contributed by atoms with E-state index in [1.54, 1.807) is 0 Å². The first-order valence-corrected chi connectivity index (χ1v) is 8.84. The van der Waals surface area contributed by atoms with E-state index in [1.807, 2.05) is 66.7 Å². The molecule has 0 spiro atoms. The Hall–Kier alpha value is -3.91. The summed E-state index contributed by atoms with van der Waals surface area (Å²) in [5.74, 6) is 5.89. The van der Waals surface area contributed by atoms with Crippen LogP contribution in [0.25, 0.3) is 10.8 Å². The molecule has 1 aliphatic rings. The van der Waals surface area contributed by atoms with E-state index in [9.17, 15) is 4.79 Å². The van der Waals surface area contributed by atoms with Crippen LogP contribution in [-0.4, -0.2) is 24.7 Å². The van der Waals surface area contributed by atoms with Crippen LogP contribution in [0.5, 0.6) is 0 Å². The molecular formula is C23H17N3O2. The van der Waals surface area contributed by atoms with Crippen molar-refractivity contribution in [2.75, 3.05) is 6.54 Å². The van der Waals surface area contributed by atoms with Gasteiger partial charge in [-0.3, -0.25) is 10.1 Å². The van der Waals surface area contributed by atoms with Crippen LogP contribution in [0.3, 0.4) is 0 Å². The Labute approximate surface area is 162 Å². The van der Waals surface area contributed by atoms with Crippen LogP contribution in [0.15, 0.2) is 71.7 Å². The molecule has 3 aromatic carbocycles. The fourth-order valence-electron chi connectivity index (χ4n) is 3.09. The van der Waals surface area contributed by atoms with E-state index in [4.69, 9.17) is 10.1 Å². The number of carbonyl (C=O) groups excluding carboxylic acids is 1. The van der Waals surface area contributed by atoms with E-state index >= 15 is 0 Å². The monoisotopic (exact) mass is 367 g/mol. The molecule has 1 fully saturated rings. The van der Waals surface area contributed by atoms with Gasteiger partial charge in [0, 0.05) is 17.3 Å². The molecule has 1 unspecified atom stereocenters. The number of amidine groups is 1. The van der Waals surface area contributed by atoms with E-state index in [-0.39, 0.29) is 18.5 Å². The third-order valence-corrected chi connectivity index (χ3v) is 4.44. The summed E-state index contributed by atoms with van der Waals surface area (Å²) in [6, 6.07) is 21.1. The predicted molar refractivity (Wildman–Crippen MR) is 109 cm³/mol. The second kappa shape index (κ2) is 7.77. The first kappa shape index (κ1) is 17.5. The summed E-state index contributed by atoms with van der Waals surface area (Å²) >= 11 is 0. The molecule has 1 atom stereocenters. The van der Waals surface area contributed by atoms with Crippen molar-refractivity contribution in [2.24, 2.45) is 4.99 Å². The Bertz CT molecular complexity index is 1140. The highest BCUT2D eigenvalue weighted by Crippen LogP contribution is 2.22. The molecule has 5 heteroatoms. The highest BCUT2D eigenvalue weighted by molar-refractivity contribution is 6.03. The van der Waals surface area contributed by atoms with Crippen molar-refractivity contribution in [1.29, 1.82) is 5.41 Å². The highest BCUT2D eigenvalue weighted by Gasteiger charge is 2.31. The number of hydrogen-bond donors (Lipinski definition) is 2. The molecular weight excluding hydrogens is 350 g/mol. The highest BCUT2D eigenvalue weighted by atomic mass is 16.5. The van der Waals surface area contributed by atoms with Gasteiger partial charge in [0.1, 0.15) is 6.54 Å². The molecule has 0 aliphatic carbocycles. The Morgan fingerprint density at radius 1 is 1.04 bits per heavy atom. The number of carbonyl (C=O) groups is 1. The van der Waals surface area contributed by atoms with Crippen molar-refractivity contribution >= 4 is 28.9 Å². The van der Waals surface area contributed by atoms with Crippen LogP contribution in [0.4, 0.5) is 0 Å². The van der Waals surface area contributed by atoms with Gasteiger partial charge in [-0.05, 0) is 22.4 Å². The minimum absolute atomic E-state index is 0.192. The lowest BCUT2D eigenvalue weighted by atomic mass is 10.0. The van der Waals surface area contributed by atoms with Crippen LogP contribution in [0, 0.1) is 17.3 Å². The van der Waals surface area contributed by atoms with Crippen molar-refractivity contribution in [2.45, 2.75) is 6.10 Å². The third-order valence-electron chi connectivity index (χ3n) is 4.44. The second-order valence-electron chi connectivity index (χ2n) is 6.21. The van der Waals surface area contributed by atoms with Crippen LogP contribution < -0.4 is 5.32 Å². The lowest BCUT2D eigenvalue weighted by Gasteiger charge is -2.06. The lowest BCUT2D eigenvalue weighted by Crippen LogP contribution is -2.22. The Morgan fingerprint density at radius 3 is 2.57 bits per heavy atom. The van der Waals surface area contributed by atoms with E-state index in [1.165, 1.54) is 6.21 Å². The average molecular weight is 367 g/mol. The van der Waals surface area contributed by atoms with Gasteiger partial charge in [-0.25, -0.2) is 4.99 Å². The molecule has 4 rings (SSSR count). The van der Waals surface area contributed by atoms with E-state index in [2.05, 4.69) is 22.2 Å². The number of hydrogen-bond acceptors (Lipinski definition) is 4. The van der Waals surface area contributed by atoms with Gasteiger partial charge < -0.3 is 10.1 Å². The first-order valence-electron chi connectivity index (χ1n) is 8.84. The SMILES string of the molecule is N=Cc1ccc(C#CCN=C2NC(=O)C(c3ccccc3)O2)c2ccccc12. The van der Waals surface area contributed by atoms with Gasteiger partial charge in [0.25, 0.3) is 11.9 Å². The Kier molecular flexibility index (Phi) is 4.85. The summed E-state index contributed by atoms with van der Waals surface area (Å²) in [5.41, 5.74) is 2.52. The van der Waals surface area contributed by atoms with E-state index < -0.39 is 6.10 Å². The summed E-state index contributed by atoms with van der Waals surface area (Å²) < 4.78 is 5.61. The fourth-order valence-corrected chi connectivity index (χ4v) is 3.09. The first-order chi connectivity index (χ1) is 13.8. The lowest BCUT2D eigenvalue weighted by molar-refractivity contribution is -0.123. The van der Waals surface area contributed by atoms with Crippen molar-refractivity contribution in [3.63, 3.8) is 0 Å². The van der Waals surface area contributed by atoms with Gasteiger partial charge in [0.2, 0.25) is 6.10 Å². The molecule has 0 radical (unpaired) electrons. The molecule has 5 nitrogen and oxygen atoms in total. The predicted octanol–water partition coefficient (Wildman–Crippen LogP) is 3.43. The standard InChI is InChI=1S/C23H17N3O2/c24-15-18-13-12-16(19-10-4-5-11-20(18)19)9-6-14-25-23-26-22(27)21(28-23)17-7-2-1-3-8-17/h1-5,7-8,10-13,15,21,24H,14H2,(H,25,26,27). The molecule has 3 aromatic rings. The summed E-state index contributed by atoms with van der Waals surface area (Å²) in [5, 5.41) is 12.2. The maximum Gasteiger partial charge on any atom is 0.293 e. The van der Waals surface area contributed by atoms with Crippen molar-refractivity contribution < 1.29 is 9.53 Å². The van der Waals surface area contributed by atoms with Crippen LogP contribution in [0.2, 0.25) is 0 Å². The van der Waals surface area contributed by atoms with Crippen LogP contribution in [-0.2, 0) is 9.53 Å². The summed E-state index contributed by atoms with van der Waals surface area (Å²) in [4.78, 5) is 16.3. The van der Waals surface area contributed by atoms with Gasteiger partial charge in [0.15, 0.2) is 0 Å². The molecule has 0 saturated carbocycles. The van der Waals surface area contributed by atoms with Crippen molar-refractivity contribution in [3.05, 3.63) is 83.4 Å². The normalized spacial score (nSPS) is 16.9. The molecule has 0 aromatic heterocycles. The largest absolute Gasteiger partial charge is 0.447 e. The van der Waals surface area contributed by atoms with Gasteiger partial charge in [0.05, 0.1) is 0 Å². The van der Waals surface area contributed by atoms with Gasteiger partial charge in [-0.2, -0.15) is 0 Å². The van der Waals surface area contributed by atoms with Crippen molar-refractivity contribution in [3.8, 4) is 11.8 Å². The van der Waals surface area contributed by atoms with Gasteiger partial charge in [-0.1, -0.05) is 72.5 Å². The molecule has 1 saturated heterocycles. The third kappa shape index (κ3) is 3.49. The zero-order valence-electron chi connectivity index (χ0n) is 15.0. The average Bonchev–Trinajstić information content (AvgIpc) is 3.12. The topological polar surface area (TPSA) is 74.5 Å². The van der Waals surface area contributed by atoms with Crippen LogP contribution >= 0.6 is 0 Å². The number of ether oxygens (including phenoxy) is 1. The summed E-state index contributed by atoms with van der Waals surface area (Å²) in [6.45, 7) is 0.206. The maximum absolute atomic E-state index is 12.1. The van der Waals surface area contributed by atoms with Crippen LogP contribution in [0.1, 0.15) is 22.8 Å². The summed E-state index contributed by atoms with van der Waals surface area (Å²) in [7, 11) is 0. The molecule has 28 heavy (non-hydrogen) atoms. The number of nitrogens with zero attached hydrogens (tertiary/aromatic N) is 1. The number of benzene rings is 3. The molecule has 0 bridgehead atoms.